The molecule has 2 amide bonds. The summed E-state index contributed by atoms with van der Waals surface area (Å²) in [6.45, 7) is -0.139. The first-order valence-corrected chi connectivity index (χ1v) is 8.78. The second-order valence-electron chi connectivity index (χ2n) is 5.84. The third-order valence-electron chi connectivity index (χ3n) is 3.75. The fraction of sp³-hybridized carbons (Fsp3) is 0.158. The van der Waals surface area contributed by atoms with E-state index in [-0.39, 0.29) is 18.7 Å². The second kappa shape index (κ2) is 9.01. The normalized spacial score (nSPS) is 10.5. The molecule has 8 nitrogen and oxygen atoms in total. The number of esters is 1. The zero-order valence-corrected chi connectivity index (χ0v) is 15.5. The van der Waals surface area contributed by atoms with Crippen molar-refractivity contribution in [2.24, 2.45) is 0 Å². The van der Waals surface area contributed by atoms with E-state index in [4.69, 9.17) is 16.3 Å². The molecule has 0 saturated carbocycles. The number of nitrogens with zero attached hydrogens (tertiary/aromatic N) is 2. The van der Waals surface area contributed by atoms with Crippen molar-refractivity contribution in [3.05, 3.63) is 81.4 Å². The van der Waals surface area contributed by atoms with E-state index in [2.05, 4.69) is 15.6 Å². The molecule has 0 radical (unpaired) electrons. The predicted molar refractivity (Wildman–Crippen MR) is 103 cm³/mol. The Morgan fingerprint density at radius 1 is 1.11 bits per heavy atom. The van der Waals surface area contributed by atoms with Gasteiger partial charge >= 0.3 is 12.0 Å². The van der Waals surface area contributed by atoms with Crippen LogP contribution in [0.1, 0.15) is 11.3 Å². The average molecular weight is 401 g/mol. The highest BCUT2D eigenvalue weighted by molar-refractivity contribution is 6.30. The minimum absolute atomic E-state index is 0.180. The summed E-state index contributed by atoms with van der Waals surface area (Å²) in [7, 11) is 0. The number of halogens is 1. The Bertz CT molecular complexity index is 1050. The van der Waals surface area contributed by atoms with Gasteiger partial charge in [0.15, 0.2) is 0 Å². The molecule has 0 bridgehead atoms. The van der Waals surface area contributed by atoms with Crippen molar-refractivity contribution in [1.29, 1.82) is 0 Å². The van der Waals surface area contributed by atoms with Gasteiger partial charge in [0.2, 0.25) is 0 Å². The quantitative estimate of drug-likeness (QED) is 0.615. The molecule has 0 aliphatic carbocycles. The third kappa shape index (κ3) is 5.31. The summed E-state index contributed by atoms with van der Waals surface area (Å²) in [5.74, 6) is -0.645. The SMILES string of the molecule is O=C(NCC(=O)OCc1cc(=O)n2cc(Cl)ccc2n1)NCc1ccccc1. The van der Waals surface area contributed by atoms with Gasteiger partial charge in [-0.3, -0.25) is 14.0 Å². The van der Waals surface area contributed by atoms with E-state index in [0.29, 0.717) is 22.9 Å². The average Bonchev–Trinajstić information content (AvgIpc) is 2.70. The van der Waals surface area contributed by atoms with E-state index in [1.807, 2.05) is 30.3 Å². The summed E-state index contributed by atoms with van der Waals surface area (Å²) in [6.07, 6.45) is 1.46. The van der Waals surface area contributed by atoms with Crippen LogP contribution >= 0.6 is 11.6 Å². The minimum atomic E-state index is -0.645. The maximum Gasteiger partial charge on any atom is 0.325 e. The lowest BCUT2D eigenvalue weighted by Gasteiger charge is -2.08. The number of ether oxygens (including phenoxy) is 1. The van der Waals surface area contributed by atoms with Crippen molar-refractivity contribution < 1.29 is 14.3 Å². The van der Waals surface area contributed by atoms with Gasteiger partial charge in [-0.1, -0.05) is 41.9 Å². The van der Waals surface area contributed by atoms with Crippen LogP contribution in [0.3, 0.4) is 0 Å². The molecule has 0 aliphatic heterocycles. The maximum absolute atomic E-state index is 12.1. The van der Waals surface area contributed by atoms with E-state index < -0.39 is 12.0 Å². The van der Waals surface area contributed by atoms with E-state index in [0.717, 1.165) is 5.56 Å². The Kier molecular flexibility index (Phi) is 6.23. The number of urea groups is 1. The number of carbonyl (C=O) groups excluding carboxylic acids is 2. The number of hydrogen-bond acceptors (Lipinski definition) is 5. The summed E-state index contributed by atoms with van der Waals surface area (Å²) in [5, 5.41) is 5.46. The largest absolute Gasteiger partial charge is 0.458 e. The Balaban J connectivity index is 1.46. The number of benzene rings is 1. The van der Waals surface area contributed by atoms with Crippen LogP contribution in [-0.2, 0) is 22.7 Å². The van der Waals surface area contributed by atoms with Crippen LogP contribution in [0.5, 0.6) is 0 Å². The van der Waals surface area contributed by atoms with E-state index in [1.165, 1.54) is 16.7 Å². The van der Waals surface area contributed by atoms with E-state index in [1.54, 1.807) is 12.1 Å². The fourth-order valence-corrected chi connectivity index (χ4v) is 2.56. The molecule has 9 heteroatoms. The maximum atomic E-state index is 12.1. The fourth-order valence-electron chi connectivity index (χ4n) is 2.40. The molecule has 0 aliphatic rings. The predicted octanol–water partition coefficient (Wildman–Crippen LogP) is 1.89. The Hall–Kier alpha value is -3.39. The van der Waals surface area contributed by atoms with Crippen LogP contribution in [-0.4, -0.2) is 27.9 Å². The van der Waals surface area contributed by atoms with Gasteiger partial charge in [-0.2, -0.15) is 0 Å². The van der Waals surface area contributed by atoms with Gasteiger partial charge in [0.1, 0.15) is 18.8 Å². The first kappa shape index (κ1) is 19.4. The highest BCUT2D eigenvalue weighted by Gasteiger charge is 2.09. The number of carbonyl (C=O) groups is 2. The zero-order valence-electron chi connectivity index (χ0n) is 14.7. The molecule has 0 saturated heterocycles. The van der Waals surface area contributed by atoms with Gasteiger partial charge in [0, 0.05) is 18.8 Å². The third-order valence-corrected chi connectivity index (χ3v) is 3.97. The van der Waals surface area contributed by atoms with E-state index in [9.17, 15) is 14.4 Å². The molecule has 0 spiro atoms. The van der Waals surface area contributed by atoms with Gasteiger partial charge in [0.25, 0.3) is 5.56 Å². The van der Waals surface area contributed by atoms with Crippen molar-refractivity contribution in [2.75, 3.05) is 6.54 Å². The van der Waals surface area contributed by atoms with Crippen molar-refractivity contribution in [2.45, 2.75) is 13.2 Å². The zero-order chi connectivity index (χ0) is 19.9. The molecule has 2 N–H and O–H groups in total. The topological polar surface area (TPSA) is 102 Å². The number of hydrogen-bond donors (Lipinski definition) is 2. The van der Waals surface area contributed by atoms with Crippen molar-refractivity contribution in [3.8, 4) is 0 Å². The van der Waals surface area contributed by atoms with Gasteiger partial charge in [-0.15, -0.1) is 0 Å². The van der Waals surface area contributed by atoms with Crippen LogP contribution in [0.25, 0.3) is 5.65 Å². The summed E-state index contributed by atoms with van der Waals surface area (Å²) >= 11 is 5.85. The Labute approximate surface area is 165 Å². The molecule has 1 aromatic carbocycles. The lowest BCUT2D eigenvalue weighted by atomic mass is 10.2. The van der Waals surface area contributed by atoms with Crippen LogP contribution in [0, 0.1) is 0 Å². The standard InChI is InChI=1S/C19H17ClN4O4/c20-14-6-7-16-23-15(8-17(25)24(16)11-14)12-28-18(26)10-22-19(27)21-9-13-4-2-1-3-5-13/h1-8,11H,9-10,12H2,(H2,21,22,27). The number of aromatic nitrogens is 2. The van der Waals surface area contributed by atoms with Gasteiger partial charge in [-0.25, -0.2) is 9.78 Å². The second-order valence-corrected chi connectivity index (χ2v) is 6.28. The van der Waals surface area contributed by atoms with Crippen molar-refractivity contribution in [1.82, 2.24) is 20.0 Å². The highest BCUT2D eigenvalue weighted by Crippen LogP contribution is 2.08. The lowest BCUT2D eigenvalue weighted by Crippen LogP contribution is -2.38. The van der Waals surface area contributed by atoms with Gasteiger partial charge < -0.3 is 15.4 Å². The molecule has 3 aromatic rings. The first-order valence-electron chi connectivity index (χ1n) is 8.40. The van der Waals surface area contributed by atoms with Crippen molar-refractivity contribution >= 4 is 29.2 Å². The van der Waals surface area contributed by atoms with E-state index >= 15 is 0 Å². The molecule has 0 fully saturated rings. The molecule has 28 heavy (non-hydrogen) atoms. The molecule has 3 rings (SSSR count). The number of nitrogens with one attached hydrogen (secondary N) is 2. The molecule has 0 unspecified atom stereocenters. The van der Waals surface area contributed by atoms with Gasteiger partial charge in [0.05, 0.1) is 10.7 Å². The minimum Gasteiger partial charge on any atom is -0.458 e. The Morgan fingerprint density at radius 3 is 2.68 bits per heavy atom. The molecular weight excluding hydrogens is 384 g/mol. The molecule has 2 heterocycles. The smallest absolute Gasteiger partial charge is 0.325 e. The summed E-state index contributed by atoms with van der Waals surface area (Å²) < 4.78 is 6.35. The van der Waals surface area contributed by atoms with Crippen LogP contribution < -0.4 is 16.2 Å². The number of amides is 2. The summed E-state index contributed by atoms with van der Waals surface area (Å²) in [6, 6.07) is 13.3. The van der Waals surface area contributed by atoms with Crippen molar-refractivity contribution in [3.63, 3.8) is 0 Å². The number of rotatable bonds is 6. The molecule has 0 atom stereocenters. The van der Waals surface area contributed by atoms with Crippen LogP contribution in [0.15, 0.2) is 59.5 Å². The highest BCUT2D eigenvalue weighted by atomic mass is 35.5. The lowest BCUT2D eigenvalue weighted by molar-refractivity contribution is -0.143. The van der Waals surface area contributed by atoms with Gasteiger partial charge in [-0.05, 0) is 17.7 Å². The van der Waals surface area contributed by atoms with Crippen LogP contribution in [0.4, 0.5) is 4.79 Å². The number of pyridine rings is 1. The van der Waals surface area contributed by atoms with Crippen LogP contribution in [0.2, 0.25) is 5.02 Å². The summed E-state index contributed by atoms with van der Waals surface area (Å²) in [4.78, 5) is 39.8. The Morgan fingerprint density at radius 2 is 1.89 bits per heavy atom. The molecule has 144 valence electrons. The number of fused-ring (bicyclic) bond motifs is 1. The molecular formula is C19H17ClN4O4. The first-order chi connectivity index (χ1) is 13.5. The monoisotopic (exact) mass is 400 g/mol. The summed E-state index contributed by atoms with van der Waals surface area (Å²) in [5.41, 5.74) is 1.29. The molecule has 2 aromatic heterocycles.